The SMILES string of the molecule is COc1cccc(CC(O)Cc2cc(C)ccc2C)c1. The lowest BCUT2D eigenvalue weighted by Gasteiger charge is -2.14. The average Bonchev–Trinajstić information content (AvgIpc) is 2.43. The Balaban J connectivity index is 2.04. The molecule has 2 heteroatoms. The maximum absolute atomic E-state index is 10.3. The zero-order valence-corrected chi connectivity index (χ0v) is 12.4. The van der Waals surface area contributed by atoms with Crippen LogP contribution in [-0.4, -0.2) is 18.3 Å². The van der Waals surface area contributed by atoms with E-state index in [1.807, 2.05) is 24.3 Å². The van der Waals surface area contributed by atoms with Crippen LogP contribution in [0.2, 0.25) is 0 Å². The summed E-state index contributed by atoms with van der Waals surface area (Å²) in [4.78, 5) is 0. The Morgan fingerprint density at radius 3 is 2.60 bits per heavy atom. The molecule has 0 amide bonds. The van der Waals surface area contributed by atoms with E-state index in [2.05, 4.69) is 32.0 Å². The first kappa shape index (κ1) is 14.6. The molecule has 2 aromatic rings. The number of ether oxygens (including phenoxy) is 1. The fourth-order valence-corrected chi connectivity index (χ4v) is 2.42. The summed E-state index contributed by atoms with van der Waals surface area (Å²) in [6, 6.07) is 14.3. The number of methoxy groups -OCH3 is 1. The van der Waals surface area contributed by atoms with Crippen molar-refractivity contribution in [2.24, 2.45) is 0 Å². The molecule has 0 bridgehead atoms. The van der Waals surface area contributed by atoms with Crippen molar-refractivity contribution in [3.8, 4) is 5.75 Å². The fraction of sp³-hybridized carbons (Fsp3) is 0.333. The molecular weight excluding hydrogens is 248 g/mol. The monoisotopic (exact) mass is 270 g/mol. The molecule has 1 unspecified atom stereocenters. The number of aryl methyl sites for hydroxylation is 2. The van der Waals surface area contributed by atoms with Gasteiger partial charge in [-0.15, -0.1) is 0 Å². The molecule has 2 aromatic carbocycles. The highest BCUT2D eigenvalue weighted by Crippen LogP contribution is 2.17. The third-order valence-electron chi connectivity index (χ3n) is 3.57. The number of rotatable bonds is 5. The Morgan fingerprint density at radius 1 is 1.05 bits per heavy atom. The molecule has 0 aliphatic rings. The van der Waals surface area contributed by atoms with Crippen molar-refractivity contribution in [2.75, 3.05) is 7.11 Å². The molecule has 0 saturated heterocycles. The van der Waals surface area contributed by atoms with Crippen molar-refractivity contribution in [2.45, 2.75) is 32.8 Å². The minimum Gasteiger partial charge on any atom is -0.497 e. The molecule has 0 fully saturated rings. The van der Waals surface area contributed by atoms with Crippen LogP contribution in [-0.2, 0) is 12.8 Å². The van der Waals surface area contributed by atoms with Crippen LogP contribution >= 0.6 is 0 Å². The van der Waals surface area contributed by atoms with E-state index in [-0.39, 0.29) is 6.10 Å². The summed E-state index contributed by atoms with van der Waals surface area (Å²) in [5.74, 6) is 0.835. The lowest BCUT2D eigenvalue weighted by molar-refractivity contribution is 0.175. The predicted octanol–water partition coefficient (Wildman–Crippen LogP) is 3.46. The van der Waals surface area contributed by atoms with Crippen molar-refractivity contribution in [1.82, 2.24) is 0 Å². The molecule has 0 saturated carbocycles. The first-order valence-corrected chi connectivity index (χ1v) is 6.95. The van der Waals surface area contributed by atoms with Gasteiger partial charge in [0.05, 0.1) is 13.2 Å². The second-order valence-corrected chi connectivity index (χ2v) is 5.34. The minimum absolute atomic E-state index is 0.373. The second kappa shape index (κ2) is 6.58. The van der Waals surface area contributed by atoms with Crippen LogP contribution in [0.25, 0.3) is 0 Å². The van der Waals surface area contributed by atoms with Gasteiger partial charge in [0, 0.05) is 0 Å². The van der Waals surface area contributed by atoms with Crippen LogP contribution in [0.5, 0.6) is 5.75 Å². The summed E-state index contributed by atoms with van der Waals surface area (Å²) in [7, 11) is 1.66. The van der Waals surface area contributed by atoms with Crippen molar-refractivity contribution in [3.05, 3.63) is 64.7 Å². The third kappa shape index (κ3) is 3.84. The van der Waals surface area contributed by atoms with Crippen LogP contribution in [0.15, 0.2) is 42.5 Å². The molecular formula is C18H22O2. The highest BCUT2D eigenvalue weighted by Gasteiger charge is 2.09. The van der Waals surface area contributed by atoms with E-state index in [4.69, 9.17) is 4.74 Å². The Morgan fingerprint density at radius 2 is 1.85 bits per heavy atom. The number of benzene rings is 2. The highest BCUT2D eigenvalue weighted by atomic mass is 16.5. The topological polar surface area (TPSA) is 29.5 Å². The summed E-state index contributed by atoms with van der Waals surface area (Å²) in [5.41, 5.74) is 4.79. The Hall–Kier alpha value is -1.80. The Labute approximate surface area is 121 Å². The van der Waals surface area contributed by atoms with Crippen LogP contribution in [0.4, 0.5) is 0 Å². The minimum atomic E-state index is -0.373. The van der Waals surface area contributed by atoms with Gasteiger partial charge < -0.3 is 9.84 Å². The molecule has 1 atom stereocenters. The first-order chi connectivity index (χ1) is 9.58. The van der Waals surface area contributed by atoms with Gasteiger partial charge in [-0.05, 0) is 55.5 Å². The predicted molar refractivity (Wildman–Crippen MR) is 82.3 cm³/mol. The maximum atomic E-state index is 10.3. The summed E-state index contributed by atoms with van der Waals surface area (Å²) in [6.45, 7) is 4.17. The van der Waals surface area contributed by atoms with Gasteiger partial charge in [-0.3, -0.25) is 0 Å². The smallest absolute Gasteiger partial charge is 0.119 e. The standard InChI is InChI=1S/C18H22O2/c1-13-7-8-14(2)16(9-13)12-17(19)10-15-5-4-6-18(11-15)20-3/h4-9,11,17,19H,10,12H2,1-3H3. The van der Waals surface area contributed by atoms with Crippen LogP contribution < -0.4 is 4.74 Å². The van der Waals surface area contributed by atoms with Gasteiger partial charge >= 0.3 is 0 Å². The Bertz CT molecular complexity index is 575. The summed E-state index contributed by atoms with van der Waals surface area (Å²) >= 11 is 0. The molecule has 2 nitrogen and oxygen atoms in total. The normalized spacial score (nSPS) is 12.2. The Kier molecular flexibility index (Phi) is 4.80. The lowest BCUT2D eigenvalue weighted by atomic mass is 9.97. The van der Waals surface area contributed by atoms with Crippen LogP contribution in [0.3, 0.4) is 0 Å². The van der Waals surface area contributed by atoms with E-state index < -0.39 is 0 Å². The number of aliphatic hydroxyl groups is 1. The fourth-order valence-electron chi connectivity index (χ4n) is 2.42. The molecule has 0 radical (unpaired) electrons. The van der Waals surface area contributed by atoms with Crippen molar-refractivity contribution >= 4 is 0 Å². The number of aliphatic hydroxyl groups excluding tert-OH is 1. The molecule has 20 heavy (non-hydrogen) atoms. The molecule has 0 aliphatic carbocycles. The van der Waals surface area contributed by atoms with Crippen molar-refractivity contribution in [3.63, 3.8) is 0 Å². The molecule has 0 aromatic heterocycles. The van der Waals surface area contributed by atoms with E-state index in [1.54, 1.807) is 7.11 Å². The molecule has 2 rings (SSSR count). The van der Waals surface area contributed by atoms with Crippen LogP contribution in [0.1, 0.15) is 22.3 Å². The highest BCUT2D eigenvalue weighted by molar-refractivity contribution is 5.32. The molecule has 0 heterocycles. The lowest BCUT2D eigenvalue weighted by Crippen LogP contribution is -2.14. The van der Waals surface area contributed by atoms with Gasteiger partial charge in [0.1, 0.15) is 5.75 Å². The van der Waals surface area contributed by atoms with Gasteiger partial charge in [-0.1, -0.05) is 35.9 Å². The van der Waals surface area contributed by atoms with Crippen molar-refractivity contribution < 1.29 is 9.84 Å². The van der Waals surface area contributed by atoms with Gasteiger partial charge in [0.25, 0.3) is 0 Å². The zero-order chi connectivity index (χ0) is 14.5. The first-order valence-electron chi connectivity index (χ1n) is 6.95. The quantitative estimate of drug-likeness (QED) is 0.901. The summed E-state index contributed by atoms with van der Waals surface area (Å²) < 4.78 is 5.21. The van der Waals surface area contributed by atoms with Crippen LogP contribution in [0, 0.1) is 13.8 Å². The van der Waals surface area contributed by atoms with Gasteiger partial charge in [-0.25, -0.2) is 0 Å². The molecule has 106 valence electrons. The van der Waals surface area contributed by atoms with Crippen molar-refractivity contribution in [1.29, 1.82) is 0 Å². The van der Waals surface area contributed by atoms with E-state index >= 15 is 0 Å². The molecule has 0 aliphatic heterocycles. The zero-order valence-electron chi connectivity index (χ0n) is 12.4. The second-order valence-electron chi connectivity index (χ2n) is 5.34. The largest absolute Gasteiger partial charge is 0.497 e. The van der Waals surface area contributed by atoms with Gasteiger partial charge in [-0.2, -0.15) is 0 Å². The van der Waals surface area contributed by atoms with Gasteiger partial charge in [0.15, 0.2) is 0 Å². The summed E-state index contributed by atoms with van der Waals surface area (Å²) in [5, 5.41) is 10.3. The number of hydrogen-bond donors (Lipinski definition) is 1. The van der Waals surface area contributed by atoms with E-state index in [1.165, 1.54) is 16.7 Å². The molecule has 1 N–H and O–H groups in total. The summed E-state index contributed by atoms with van der Waals surface area (Å²) in [6.07, 6.45) is 0.956. The van der Waals surface area contributed by atoms with E-state index in [0.29, 0.717) is 12.8 Å². The number of hydrogen-bond acceptors (Lipinski definition) is 2. The van der Waals surface area contributed by atoms with Gasteiger partial charge in [0.2, 0.25) is 0 Å². The maximum Gasteiger partial charge on any atom is 0.119 e. The van der Waals surface area contributed by atoms with E-state index in [9.17, 15) is 5.11 Å². The molecule has 0 spiro atoms. The average molecular weight is 270 g/mol. The van der Waals surface area contributed by atoms with E-state index in [0.717, 1.165) is 11.3 Å². The third-order valence-corrected chi connectivity index (χ3v) is 3.57.